The molecule has 0 aliphatic rings. The molecule has 2 aromatic rings. The summed E-state index contributed by atoms with van der Waals surface area (Å²) < 4.78 is 26.7. The average Bonchev–Trinajstić information content (AvgIpc) is 2.38. The first-order valence-electron chi connectivity index (χ1n) is 5.53. The van der Waals surface area contributed by atoms with Crippen LogP contribution in [0.15, 0.2) is 48.5 Å². The summed E-state index contributed by atoms with van der Waals surface area (Å²) in [5.41, 5.74) is 1.35. The largest absolute Gasteiger partial charge is 0.478 e. The third-order valence-electron chi connectivity index (χ3n) is 2.57. The van der Waals surface area contributed by atoms with Crippen molar-refractivity contribution < 1.29 is 18.7 Å². The van der Waals surface area contributed by atoms with Gasteiger partial charge in [0, 0.05) is 11.6 Å². The second kappa shape index (κ2) is 5.44. The number of rotatable bonds is 3. The minimum Gasteiger partial charge on any atom is -0.478 e. The maximum absolute atomic E-state index is 13.9. The molecule has 0 aliphatic carbocycles. The van der Waals surface area contributed by atoms with Crippen LogP contribution in [-0.4, -0.2) is 11.1 Å². The highest BCUT2D eigenvalue weighted by Crippen LogP contribution is 2.24. The monoisotopic (exact) mass is 260 g/mol. The van der Waals surface area contributed by atoms with Gasteiger partial charge in [0.2, 0.25) is 0 Å². The highest BCUT2D eigenvalue weighted by molar-refractivity contribution is 5.85. The first-order valence-corrected chi connectivity index (χ1v) is 5.53. The molecule has 0 saturated carbocycles. The van der Waals surface area contributed by atoms with E-state index in [1.807, 2.05) is 0 Å². The van der Waals surface area contributed by atoms with Gasteiger partial charge < -0.3 is 5.11 Å². The number of carbonyl (C=O) groups is 1. The van der Waals surface area contributed by atoms with E-state index in [0.717, 1.165) is 6.08 Å². The summed E-state index contributed by atoms with van der Waals surface area (Å²) in [4.78, 5) is 10.4. The molecule has 0 fully saturated rings. The van der Waals surface area contributed by atoms with Gasteiger partial charge in [0.15, 0.2) is 0 Å². The summed E-state index contributed by atoms with van der Waals surface area (Å²) >= 11 is 0. The number of benzene rings is 2. The molecule has 1 N–H and O–H groups in total. The SMILES string of the molecule is O=C(O)/C=C/c1ccc(-c2ccc(F)cc2)c(F)c1. The van der Waals surface area contributed by atoms with Crippen LogP contribution in [0.5, 0.6) is 0 Å². The second-order valence-electron chi connectivity index (χ2n) is 3.92. The maximum atomic E-state index is 13.9. The molecule has 4 heteroatoms. The van der Waals surface area contributed by atoms with Crippen LogP contribution in [-0.2, 0) is 4.79 Å². The van der Waals surface area contributed by atoms with E-state index in [0.29, 0.717) is 16.7 Å². The standard InChI is InChI=1S/C15H10F2O2/c16-12-5-3-11(4-6-12)13-7-1-10(9-14(13)17)2-8-15(18)19/h1-9H,(H,18,19)/b8-2+. The quantitative estimate of drug-likeness (QED) is 0.854. The fraction of sp³-hybridized carbons (Fsp3) is 0. The van der Waals surface area contributed by atoms with E-state index in [1.54, 1.807) is 6.07 Å². The molecule has 2 aromatic carbocycles. The Morgan fingerprint density at radius 2 is 1.74 bits per heavy atom. The van der Waals surface area contributed by atoms with E-state index in [2.05, 4.69) is 0 Å². The van der Waals surface area contributed by atoms with Gasteiger partial charge in [-0.3, -0.25) is 0 Å². The summed E-state index contributed by atoms with van der Waals surface area (Å²) in [6.45, 7) is 0. The third kappa shape index (κ3) is 3.25. The molecule has 0 radical (unpaired) electrons. The summed E-state index contributed by atoms with van der Waals surface area (Å²) in [5.74, 6) is -1.97. The van der Waals surface area contributed by atoms with E-state index in [9.17, 15) is 13.6 Å². The number of hydrogen-bond acceptors (Lipinski definition) is 1. The lowest BCUT2D eigenvalue weighted by atomic mass is 10.0. The minimum absolute atomic E-state index is 0.340. The predicted octanol–water partition coefficient (Wildman–Crippen LogP) is 3.73. The number of hydrogen-bond donors (Lipinski definition) is 1. The number of carboxylic acid groups (broad SMARTS) is 1. The molecule has 0 aromatic heterocycles. The Kier molecular flexibility index (Phi) is 3.71. The molecule has 2 rings (SSSR count). The van der Waals surface area contributed by atoms with Gasteiger partial charge in [-0.25, -0.2) is 13.6 Å². The summed E-state index contributed by atoms with van der Waals surface area (Å²) in [7, 11) is 0. The van der Waals surface area contributed by atoms with Gasteiger partial charge in [-0.05, 0) is 35.4 Å². The normalized spacial score (nSPS) is 10.8. The van der Waals surface area contributed by atoms with Gasteiger partial charge in [0.05, 0.1) is 0 Å². The number of aliphatic carboxylic acids is 1. The molecule has 0 aliphatic heterocycles. The first-order chi connectivity index (χ1) is 9.06. The zero-order valence-corrected chi connectivity index (χ0v) is 9.81. The molecule has 0 saturated heterocycles. The molecule has 0 bridgehead atoms. The molecule has 0 heterocycles. The smallest absolute Gasteiger partial charge is 0.328 e. The molecular formula is C15H10F2O2. The van der Waals surface area contributed by atoms with Crippen molar-refractivity contribution in [2.24, 2.45) is 0 Å². The highest BCUT2D eigenvalue weighted by Gasteiger charge is 2.05. The lowest BCUT2D eigenvalue weighted by Gasteiger charge is -2.04. The van der Waals surface area contributed by atoms with Crippen molar-refractivity contribution >= 4 is 12.0 Å². The van der Waals surface area contributed by atoms with Crippen molar-refractivity contribution in [1.82, 2.24) is 0 Å². The van der Waals surface area contributed by atoms with Gasteiger partial charge in [-0.15, -0.1) is 0 Å². The molecule has 0 spiro atoms. The Labute approximate surface area is 108 Å². The van der Waals surface area contributed by atoms with Crippen LogP contribution in [0.4, 0.5) is 8.78 Å². The molecule has 2 nitrogen and oxygen atoms in total. The van der Waals surface area contributed by atoms with Crippen LogP contribution in [0, 0.1) is 11.6 Å². The molecule has 0 unspecified atom stereocenters. The summed E-state index contributed by atoms with van der Waals surface area (Å²) in [6, 6.07) is 9.85. The van der Waals surface area contributed by atoms with Gasteiger partial charge in [0.1, 0.15) is 11.6 Å². The number of carboxylic acids is 1. The fourth-order valence-electron chi connectivity index (χ4n) is 1.67. The van der Waals surface area contributed by atoms with Gasteiger partial charge in [0.25, 0.3) is 0 Å². The van der Waals surface area contributed by atoms with Crippen molar-refractivity contribution in [2.75, 3.05) is 0 Å². The Morgan fingerprint density at radius 1 is 1.05 bits per heavy atom. The summed E-state index contributed by atoms with van der Waals surface area (Å²) in [6.07, 6.45) is 2.24. The minimum atomic E-state index is -1.09. The van der Waals surface area contributed by atoms with Crippen molar-refractivity contribution in [3.63, 3.8) is 0 Å². The zero-order valence-electron chi connectivity index (χ0n) is 9.81. The van der Waals surface area contributed by atoms with E-state index < -0.39 is 11.8 Å². The van der Waals surface area contributed by atoms with Crippen molar-refractivity contribution in [3.8, 4) is 11.1 Å². The van der Waals surface area contributed by atoms with E-state index in [4.69, 9.17) is 5.11 Å². The lowest BCUT2D eigenvalue weighted by Crippen LogP contribution is -1.88. The molecule has 0 amide bonds. The highest BCUT2D eigenvalue weighted by atomic mass is 19.1. The van der Waals surface area contributed by atoms with Crippen molar-refractivity contribution in [2.45, 2.75) is 0 Å². The summed E-state index contributed by atoms with van der Waals surface area (Å²) in [5, 5.41) is 8.49. The Morgan fingerprint density at radius 3 is 2.32 bits per heavy atom. The van der Waals surface area contributed by atoms with Crippen LogP contribution in [0.1, 0.15) is 5.56 Å². The third-order valence-corrected chi connectivity index (χ3v) is 2.57. The molecule has 96 valence electrons. The zero-order chi connectivity index (χ0) is 13.8. The molecular weight excluding hydrogens is 250 g/mol. The predicted molar refractivity (Wildman–Crippen MR) is 68.5 cm³/mol. The van der Waals surface area contributed by atoms with E-state index in [1.165, 1.54) is 42.5 Å². The van der Waals surface area contributed by atoms with Gasteiger partial charge in [-0.1, -0.05) is 24.3 Å². The van der Waals surface area contributed by atoms with Crippen LogP contribution < -0.4 is 0 Å². The van der Waals surface area contributed by atoms with Crippen LogP contribution in [0.25, 0.3) is 17.2 Å². The van der Waals surface area contributed by atoms with Crippen LogP contribution in [0.2, 0.25) is 0 Å². The number of halogens is 2. The topological polar surface area (TPSA) is 37.3 Å². The molecule has 0 atom stereocenters. The fourth-order valence-corrected chi connectivity index (χ4v) is 1.67. The Hall–Kier alpha value is -2.49. The first kappa shape index (κ1) is 13.0. The van der Waals surface area contributed by atoms with Crippen LogP contribution >= 0.6 is 0 Å². The lowest BCUT2D eigenvalue weighted by molar-refractivity contribution is -0.131. The van der Waals surface area contributed by atoms with Crippen molar-refractivity contribution in [3.05, 3.63) is 65.7 Å². The Bertz CT molecular complexity index is 631. The second-order valence-corrected chi connectivity index (χ2v) is 3.92. The van der Waals surface area contributed by atoms with Gasteiger partial charge in [-0.2, -0.15) is 0 Å². The van der Waals surface area contributed by atoms with E-state index >= 15 is 0 Å². The average molecular weight is 260 g/mol. The van der Waals surface area contributed by atoms with Crippen LogP contribution in [0.3, 0.4) is 0 Å². The molecule has 19 heavy (non-hydrogen) atoms. The Balaban J connectivity index is 2.34. The van der Waals surface area contributed by atoms with Crippen molar-refractivity contribution in [1.29, 1.82) is 0 Å². The van der Waals surface area contributed by atoms with Gasteiger partial charge >= 0.3 is 5.97 Å². The maximum Gasteiger partial charge on any atom is 0.328 e. The van der Waals surface area contributed by atoms with E-state index in [-0.39, 0.29) is 5.82 Å².